The summed E-state index contributed by atoms with van der Waals surface area (Å²) in [6, 6.07) is 3.05. The third kappa shape index (κ3) is 3.58. The summed E-state index contributed by atoms with van der Waals surface area (Å²) in [6.45, 7) is 4.74. The van der Waals surface area contributed by atoms with Crippen molar-refractivity contribution in [1.29, 1.82) is 0 Å². The molecule has 0 saturated carbocycles. The highest BCUT2D eigenvalue weighted by Gasteiger charge is 2.28. The molecule has 1 unspecified atom stereocenters. The van der Waals surface area contributed by atoms with Gasteiger partial charge in [-0.2, -0.15) is 0 Å². The standard InChI is InChI=1S/C18H20N2O6/c1-9-13(18(23)25-5)10(2)20-14(9)15(21)11(3)26-17(22)12-7-6-8-19-16(12)24-4/h6-8,11,20H,1-5H3. The van der Waals surface area contributed by atoms with Gasteiger partial charge in [-0.25, -0.2) is 14.6 Å². The summed E-state index contributed by atoms with van der Waals surface area (Å²) in [6.07, 6.45) is 0.401. The summed E-state index contributed by atoms with van der Waals surface area (Å²) < 4.78 is 15.0. The van der Waals surface area contributed by atoms with Crippen LogP contribution in [0.2, 0.25) is 0 Å². The fourth-order valence-corrected chi connectivity index (χ4v) is 2.59. The van der Waals surface area contributed by atoms with Gasteiger partial charge in [0.2, 0.25) is 11.7 Å². The fourth-order valence-electron chi connectivity index (χ4n) is 2.59. The first-order valence-electron chi connectivity index (χ1n) is 7.83. The van der Waals surface area contributed by atoms with Gasteiger partial charge in [-0.1, -0.05) is 0 Å². The molecule has 8 heteroatoms. The van der Waals surface area contributed by atoms with E-state index in [0.717, 1.165) is 0 Å². The number of aromatic amines is 1. The number of Topliss-reactive ketones (excluding diaryl/α,β-unsaturated/α-hetero) is 1. The predicted molar refractivity (Wildman–Crippen MR) is 91.6 cm³/mol. The quantitative estimate of drug-likeness (QED) is 0.622. The van der Waals surface area contributed by atoms with Gasteiger partial charge >= 0.3 is 11.9 Å². The predicted octanol–water partition coefficient (Wildman–Crippen LogP) is 2.25. The Morgan fingerprint density at radius 3 is 2.46 bits per heavy atom. The molecule has 0 aromatic carbocycles. The van der Waals surface area contributed by atoms with Gasteiger partial charge in [0.1, 0.15) is 5.56 Å². The molecule has 8 nitrogen and oxygen atoms in total. The average Bonchev–Trinajstić information content (AvgIpc) is 2.94. The van der Waals surface area contributed by atoms with Crippen LogP contribution >= 0.6 is 0 Å². The number of aromatic nitrogens is 2. The molecule has 0 radical (unpaired) electrons. The van der Waals surface area contributed by atoms with Gasteiger partial charge in [0, 0.05) is 11.9 Å². The third-order valence-corrected chi connectivity index (χ3v) is 3.91. The van der Waals surface area contributed by atoms with Gasteiger partial charge in [0.15, 0.2) is 6.10 Å². The van der Waals surface area contributed by atoms with Crippen molar-refractivity contribution >= 4 is 17.7 Å². The zero-order valence-corrected chi connectivity index (χ0v) is 15.2. The largest absolute Gasteiger partial charge is 0.480 e. The van der Waals surface area contributed by atoms with Crippen LogP contribution in [-0.2, 0) is 9.47 Å². The monoisotopic (exact) mass is 360 g/mol. The molecule has 0 amide bonds. The molecular formula is C18H20N2O6. The lowest BCUT2D eigenvalue weighted by atomic mass is 10.1. The number of nitrogens with zero attached hydrogens (tertiary/aromatic N) is 1. The van der Waals surface area contributed by atoms with Crippen molar-refractivity contribution in [3.8, 4) is 5.88 Å². The lowest BCUT2D eigenvalue weighted by Crippen LogP contribution is -2.25. The van der Waals surface area contributed by atoms with Crippen LogP contribution in [-0.4, -0.2) is 48.0 Å². The van der Waals surface area contributed by atoms with E-state index in [1.807, 2.05) is 0 Å². The van der Waals surface area contributed by atoms with Crippen molar-refractivity contribution in [3.05, 3.63) is 46.4 Å². The normalized spacial score (nSPS) is 11.6. The molecule has 26 heavy (non-hydrogen) atoms. The van der Waals surface area contributed by atoms with Crippen LogP contribution < -0.4 is 4.74 Å². The third-order valence-electron chi connectivity index (χ3n) is 3.91. The summed E-state index contributed by atoms with van der Waals surface area (Å²) in [5.74, 6) is -1.63. The molecule has 0 aliphatic heterocycles. The first-order chi connectivity index (χ1) is 12.3. The maximum atomic E-state index is 12.7. The number of aryl methyl sites for hydroxylation is 1. The maximum absolute atomic E-state index is 12.7. The summed E-state index contributed by atoms with van der Waals surface area (Å²) in [7, 11) is 2.65. The molecule has 1 N–H and O–H groups in total. The molecule has 0 fully saturated rings. The second kappa shape index (κ2) is 7.81. The minimum absolute atomic E-state index is 0.108. The lowest BCUT2D eigenvalue weighted by Gasteiger charge is -2.13. The Morgan fingerprint density at radius 2 is 1.85 bits per heavy atom. The van der Waals surface area contributed by atoms with Crippen LogP contribution in [0.25, 0.3) is 0 Å². The minimum Gasteiger partial charge on any atom is -0.480 e. The van der Waals surface area contributed by atoms with Gasteiger partial charge in [0.25, 0.3) is 0 Å². The van der Waals surface area contributed by atoms with E-state index < -0.39 is 23.8 Å². The smallest absolute Gasteiger partial charge is 0.344 e. The number of esters is 2. The number of carbonyl (C=O) groups is 3. The Kier molecular flexibility index (Phi) is 5.76. The molecule has 138 valence electrons. The van der Waals surface area contributed by atoms with Crippen molar-refractivity contribution in [2.75, 3.05) is 14.2 Å². The number of pyridine rings is 1. The molecule has 0 aliphatic carbocycles. The minimum atomic E-state index is -1.07. The Balaban J connectivity index is 2.23. The van der Waals surface area contributed by atoms with E-state index in [1.54, 1.807) is 19.9 Å². The number of H-pyrrole nitrogens is 1. The van der Waals surface area contributed by atoms with Gasteiger partial charge in [0.05, 0.1) is 25.5 Å². The molecular weight excluding hydrogens is 340 g/mol. The van der Waals surface area contributed by atoms with Crippen molar-refractivity contribution < 1.29 is 28.6 Å². The highest BCUT2D eigenvalue weighted by Crippen LogP contribution is 2.22. The highest BCUT2D eigenvalue weighted by atomic mass is 16.5. The number of nitrogens with one attached hydrogen (secondary N) is 1. The Hall–Kier alpha value is -3.16. The Bertz CT molecular complexity index is 855. The average molecular weight is 360 g/mol. The molecule has 0 saturated heterocycles. The Labute approximate surface area is 150 Å². The van der Waals surface area contributed by atoms with Crippen LogP contribution in [0, 0.1) is 13.8 Å². The summed E-state index contributed by atoms with van der Waals surface area (Å²) in [5.41, 5.74) is 1.56. The summed E-state index contributed by atoms with van der Waals surface area (Å²) in [5, 5.41) is 0. The topological polar surface area (TPSA) is 108 Å². The molecule has 0 bridgehead atoms. The number of ether oxygens (including phenoxy) is 3. The molecule has 2 aromatic heterocycles. The zero-order valence-electron chi connectivity index (χ0n) is 15.2. The van der Waals surface area contributed by atoms with Gasteiger partial charge in [-0.15, -0.1) is 0 Å². The highest BCUT2D eigenvalue weighted by molar-refractivity contribution is 6.04. The van der Waals surface area contributed by atoms with Crippen molar-refractivity contribution in [1.82, 2.24) is 9.97 Å². The summed E-state index contributed by atoms with van der Waals surface area (Å²) >= 11 is 0. The molecule has 1 atom stereocenters. The van der Waals surface area contributed by atoms with Crippen molar-refractivity contribution in [3.63, 3.8) is 0 Å². The number of rotatable bonds is 6. The molecule has 0 aliphatic rings. The fraction of sp³-hybridized carbons (Fsp3) is 0.333. The van der Waals surface area contributed by atoms with Crippen LogP contribution in [0.15, 0.2) is 18.3 Å². The van der Waals surface area contributed by atoms with Crippen LogP contribution in [0.5, 0.6) is 5.88 Å². The van der Waals surface area contributed by atoms with Crippen molar-refractivity contribution in [2.45, 2.75) is 26.9 Å². The first-order valence-corrected chi connectivity index (χ1v) is 7.83. The van der Waals surface area contributed by atoms with E-state index in [-0.39, 0.29) is 17.1 Å². The number of ketones is 1. The lowest BCUT2D eigenvalue weighted by molar-refractivity contribution is 0.0313. The SMILES string of the molecule is COC(=O)c1c(C)[nH]c(C(=O)C(C)OC(=O)c2cccnc2OC)c1C. The molecule has 2 heterocycles. The van der Waals surface area contributed by atoms with E-state index in [2.05, 4.69) is 9.97 Å². The number of hydrogen-bond acceptors (Lipinski definition) is 7. The van der Waals surface area contributed by atoms with E-state index in [1.165, 1.54) is 33.4 Å². The Morgan fingerprint density at radius 1 is 1.15 bits per heavy atom. The summed E-state index contributed by atoms with van der Waals surface area (Å²) in [4.78, 5) is 43.6. The van der Waals surface area contributed by atoms with E-state index in [0.29, 0.717) is 16.8 Å². The second-order valence-corrected chi connectivity index (χ2v) is 5.59. The van der Waals surface area contributed by atoms with E-state index in [9.17, 15) is 14.4 Å². The van der Waals surface area contributed by atoms with E-state index in [4.69, 9.17) is 14.2 Å². The van der Waals surface area contributed by atoms with Crippen LogP contribution in [0.3, 0.4) is 0 Å². The number of methoxy groups -OCH3 is 2. The van der Waals surface area contributed by atoms with E-state index >= 15 is 0 Å². The molecule has 0 spiro atoms. The van der Waals surface area contributed by atoms with Gasteiger partial charge in [-0.05, 0) is 38.5 Å². The zero-order chi connectivity index (χ0) is 19.4. The maximum Gasteiger partial charge on any atom is 0.344 e. The molecule has 2 aromatic rings. The van der Waals surface area contributed by atoms with Crippen LogP contribution in [0.4, 0.5) is 0 Å². The molecule has 2 rings (SSSR count). The second-order valence-electron chi connectivity index (χ2n) is 5.59. The van der Waals surface area contributed by atoms with Crippen molar-refractivity contribution in [2.24, 2.45) is 0 Å². The van der Waals surface area contributed by atoms with Gasteiger partial charge < -0.3 is 19.2 Å². The number of hydrogen-bond donors (Lipinski definition) is 1. The van der Waals surface area contributed by atoms with Crippen LogP contribution in [0.1, 0.15) is 49.4 Å². The number of carbonyl (C=O) groups excluding carboxylic acids is 3. The van der Waals surface area contributed by atoms with Gasteiger partial charge in [-0.3, -0.25) is 4.79 Å². The first kappa shape index (κ1) is 19.2.